The van der Waals surface area contributed by atoms with E-state index in [0.717, 1.165) is 22.1 Å². The van der Waals surface area contributed by atoms with E-state index < -0.39 is 5.76 Å². The number of hydrogen-bond donors (Lipinski definition) is 1. The molecule has 0 radical (unpaired) electrons. The van der Waals surface area contributed by atoms with Crippen LogP contribution in [0.15, 0.2) is 45.6 Å². The van der Waals surface area contributed by atoms with E-state index in [1.165, 1.54) is 0 Å². The molecule has 90 valence electrons. The van der Waals surface area contributed by atoms with E-state index in [9.17, 15) is 4.79 Å². The largest absolute Gasteiger partial charge is 0.496 e. The van der Waals surface area contributed by atoms with E-state index in [0.29, 0.717) is 0 Å². The predicted molar refractivity (Wildman–Crippen MR) is 66.6 cm³/mol. The van der Waals surface area contributed by atoms with Crippen molar-refractivity contribution in [2.45, 2.75) is 0 Å². The van der Waals surface area contributed by atoms with Gasteiger partial charge in [-0.1, -0.05) is 24.3 Å². The van der Waals surface area contributed by atoms with E-state index in [-0.39, 0.29) is 5.89 Å². The number of nitrogens with zero attached hydrogens (tertiary/aromatic N) is 1. The molecule has 0 aliphatic carbocycles. The number of benzene rings is 2. The highest BCUT2D eigenvalue weighted by Crippen LogP contribution is 2.32. The van der Waals surface area contributed by atoms with Gasteiger partial charge >= 0.3 is 5.76 Å². The molecule has 1 aromatic heterocycles. The third kappa shape index (κ3) is 1.57. The van der Waals surface area contributed by atoms with Crippen molar-refractivity contribution in [3.63, 3.8) is 0 Å². The Morgan fingerprint density at radius 2 is 1.94 bits per heavy atom. The number of nitrogens with one attached hydrogen (secondary N) is 1. The molecule has 2 aromatic carbocycles. The van der Waals surface area contributed by atoms with Crippen LogP contribution in [0.25, 0.3) is 22.2 Å². The van der Waals surface area contributed by atoms with Gasteiger partial charge in [0.1, 0.15) is 5.75 Å². The first kappa shape index (κ1) is 10.6. The quantitative estimate of drug-likeness (QED) is 0.747. The molecule has 0 unspecified atom stereocenters. The smallest absolute Gasteiger partial charge is 0.434 e. The summed E-state index contributed by atoms with van der Waals surface area (Å²) in [4.78, 5) is 11.0. The summed E-state index contributed by atoms with van der Waals surface area (Å²) >= 11 is 0. The summed E-state index contributed by atoms with van der Waals surface area (Å²) in [5.41, 5.74) is 0.754. The molecule has 0 spiro atoms. The van der Waals surface area contributed by atoms with Crippen LogP contribution < -0.4 is 10.5 Å². The molecule has 0 aliphatic heterocycles. The van der Waals surface area contributed by atoms with Gasteiger partial charge in [-0.3, -0.25) is 0 Å². The lowest BCUT2D eigenvalue weighted by atomic mass is 10.0. The number of aromatic nitrogens is 2. The first-order valence-corrected chi connectivity index (χ1v) is 5.41. The van der Waals surface area contributed by atoms with Gasteiger partial charge in [-0.25, -0.2) is 9.89 Å². The zero-order valence-corrected chi connectivity index (χ0v) is 9.64. The normalized spacial score (nSPS) is 10.7. The van der Waals surface area contributed by atoms with Crippen molar-refractivity contribution in [2.24, 2.45) is 0 Å². The fraction of sp³-hybridized carbons (Fsp3) is 0.0769. The van der Waals surface area contributed by atoms with Crippen LogP contribution in [0, 0.1) is 0 Å². The van der Waals surface area contributed by atoms with E-state index >= 15 is 0 Å². The standard InChI is InChI=1S/C13H10N2O3/c1-17-11-7-6-10(12-14-15-13(16)18-12)8-4-2-3-5-9(8)11/h2-7H,1H3,(H,15,16). The highest BCUT2D eigenvalue weighted by molar-refractivity contribution is 5.98. The van der Waals surface area contributed by atoms with Crippen molar-refractivity contribution in [2.75, 3.05) is 7.11 Å². The van der Waals surface area contributed by atoms with Gasteiger partial charge in [-0.05, 0) is 17.5 Å². The molecule has 0 aliphatic rings. The summed E-state index contributed by atoms with van der Waals surface area (Å²) in [6.45, 7) is 0. The van der Waals surface area contributed by atoms with Gasteiger partial charge < -0.3 is 9.15 Å². The van der Waals surface area contributed by atoms with E-state index in [1.807, 2.05) is 36.4 Å². The molecule has 0 saturated carbocycles. The molecule has 1 N–H and O–H groups in total. The molecule has 0 bridgehead atoms. The first-order chi connectivity index (χ1) is 8.79. The summed E-state index contributed by atoms with van der Waals surface area (Å²) in [5.74, 6) is 0.482. The highest BCUT2D eigenvalue weighted by atomic mass is 16.5. The van der Waals surface area contributed by atoms with Gasteiger partial charge in [0, 0.05) is 10.9 Å². The second kappa shape index (κ2) is 4.03. The molecule has 18 heavy (non-hydrogen) atoms. The summed E-state index contributed by atoms with van der Waals surface area (Å²) in [6, 6.07) is 11.4. The third-order valence-electron chi connectivity index (χ3n) is 2.77. The maximum absolute atomic E-state index is 11.0. The molecule has 0 saturated heterocycles. The summed E-state index contributed by atoms with van der Waals surface area (Å²) in [7, 11) is 1.62. The fourth-order valence-corrected chi connectivity index (χ4v) is 1.98. The van der Waals surface area contributed by atoms with Crippen LogP contribution in [0.5, 0.6) is 5.75 Å². The van der Waals surface area contributed by atoms with Crippen LogP contribution in [0.3, 0.4) is 0 Å². The molecule has 5 heteroatoms. The molecule has 3 aromatic rings. The Morgan fingerprint density at radius 3 is 2.61 bits per heavy atom. The molecule has 0 fully saturated rings. The Hall–Kier alpha value is -2.56. The van der Waals surface area contributed by atoms with Crippen molar-refractivity contribution in [3.8, 4) is 17.2 Å². The summed E-state index contributed by atoms with van der Waals surface area (Å²) < 4.78 is 10.3. The maximum Gasteiger partial charge on any atom is 0.434 e. The molecular weight excluding hydrogens is 232 g/mol. The number of rotatable bonds is 2. The number of fused-ring (bicyclic) bond motifs is 1. The molecule has 5 nitrogen and oxygen atoms in total. The lowest BCUT2D eigenvalue weighted by Crippen LogP contribution is -1.93. The molecule has 0 atom stereocenters. The van der Waals surface area contributed by atoms with Gasteiger partial charge in [-0.15, -0.1) is 5.10 Å². The fourth-order valence-electron chi connectivity index (χ4n) is 1.98. The minimum absolute atomic E-state index is 0.277. The lowest BCUT2D eigenvalue weighted by Gasteiger charge is -2.07. The number of methoxy groups -OCH3 is 1. The topological polar surface area (TPSA) is 68.1 Å². The van der Waals surface area contributed by atoms with E-state index in [4.69, 9.17) is 9.15 Å². The van der Waals surface area contributed by atoms with Gasteiger partial charge in [0.2, 0.25) is 5.89 Å². The van der Waals surface area contributed by atoms with Crippen molar-refractivity contribution in [1.82, 2.24) is 10.2 Å². The Kier molecular flexibility index (Phi) is 2.37. The van der Waals surface area contributed by atoms with Gasteiger partial charge in [0.15, 0.2) is 0 Å². The van der Waals surface area contributed by atoms with Crippen LogP contribution in [-0.2, 0) is 0 Å². The second-order valence-corrected chi connectivity index (χ2v) is 3.78. The van der Waals surface area contributed by atoms with Crippen LogP contribution in [-0.4, -0.2) is 17.3 Å². The Balaban J connectivity index is 2.34. The Labute approximate surface area is 102 Å². The van der Waals surface area contributed by atoms with Crippen LogP contribution in [0.4, 0.5) is 0 Å². The SMILES string of the molecule is COc1ccc(-c2n[nH]c(=O)o2)c2ccccc12. The molecular formula is C13H10N2O3. The minimum Gasteiger partial charge on any atom is -0.496 e. The maximum atomic E-state index is 11.0. The molecule has 1 heterocycles. The number of hydrogen-bond acceptors (Lipinski definition) is 4. The number of H-pyrrole nitrogens is 1. The average Bonchev–Trinajstić information content (AvgIpc) is 2.84. The van der Waals surface area contributed by atoms with Crippen LogP contribution >= 0.6 is 0 Å². The zero-order valence-electron chi connectivity index (χ0n) is 9.64. The average molecular weight is 242 g/mol. The monoisotopic (exact) mass is 242 g/mol. The van der Waals surface area contributed by atoms with Gasteiger partial charge in [0.25, 0.3) is 0 Å². The first-order valence-electron chi connectivity index (χ1n) is 5.41. The number of ether oxygens (including phenoxy) is 1. The van der Waals surface area contributed by atoms with Crippen molar-refractivity contribution >= 4 is 10.8 Å². The van der Waals surface area contributed by atoms with Crippen LogP contribution in [0.2, 0.25) is 0 Å². The molecule has 3 rings (SSSR count). The van der Waals surface area contributed by atoms with Gasteiger partial charge in [0.05, 0.1) is 7.11 Å². The van der Waals surface area contributed by atoms with Crippen LogP contribution in [0.1, 0.15) is 0 Å². The predicted octanol–water partition coefficient (Wildman–Crippen LogP) is 2.19. The Morgan fingerprint density at radius 1 is 1.17 bits per heavy atom. The van der Waals surface area contributed by atoms with Crippen molar-refractivity contribution in [1.29, 1.82) is 0 Å². The van der Waals surface area contributed by atoms with Gasteiger partial charge in [-0.2, -0.15) is 0 Å². The highest BCUT2D eigenvalue weighted by Gasteiger charge is 2.11. The van der Waals surface area contributed by atoms with Crippen molar-refractivity contribution < 1.29 is 9.15 Å². The number of aromatic amines is 1. The third-order valence-corrected chi connectivity index (χ3v) is 2.77. The summed E-state index contributed by atoms with van der Waals surface area (Å²) in [5, 5.41) is 7.97. The Bertz CT molecular complexity index is 758. The minimum atomic E-state index is -0.565. The second-order valence-electron chi connectivity index (χ2n) is 3.78. The molecule has 0 amide bonds. The summed E-state index contributed by atoms with van der Waals surface area (Å²) in [6.07, 6.45) is 0. The van der Waals surface area contributed by atoms with Crippen molar-refractivity contribution in [3.05, 3.63) is 46.9 Å². The van der Waals surface area contributed by atoms with E-state index in [1.54, 1.807) is 7.11 Å². The zero-order chi connectivity index (χ0) is 12.5. The van der Waals surface area contributed by atoms with E-state index in [2.05, 4.69) is 10.2 Å². The lowest BCUT2D eigenvalue weighted by molar-refractivity contribution is 0.420.